The number of piperidine rings is 1. The van der Waals surface area contributed by atoms with Gasteiger partial charge in [-0.1, -0.05) is 6.08 Å². The van der Waals surface area contributed by atoms with E-state index in [0.717, 1.165) is 58.7 Å². The molecule has 0 atom stereocenters. The Morgan fingerprint density at radius 2 is 1.62 bits per heavy atom. The molecule has 3 heterocycles. The third-order valence-corrected chi connectivity index (χ3v) is 4.68. The first-order chi connectivity index (χ1) is 11.7. The number of aromatic nitrogens is 2. The van der Waals surface area contributed by atoms with Crippen molar-refractivity contribution in [3.8, 4) is 0 Å². The van der Waals surface area contributed by atoms with Crippen LogP contribution in [-0.2, 0) is 0 Å². The van der Waals surface area contributed by atoms with Gasteiger partial charge < -0.3 is 9.80 Å². The molecular formula is C16H24N6O2. The molecule has 8 nitrogen and oxygen atoms in total. The molecule has 0 aliphatic carbocycles. The maximum Gasteiger partial charge on any atom is 0.353 e. The van der Waals surface area contributed by atoms with Crippen LogP contribution in [-0.4, -0.2) is 65.6 Å². The zero-order valence-electron chi connectivity index (χ0n) is 13.9. The van der Waals surface area contributed by atoms with Gasteiger partial charge in [0.05, 0.1) is 4.92 Å². The minimum atomic E-state index is -0.324. The van der Waals surface area contributed by atoms with E-state index in [-0.39, 0.29) is 10.6 Å². The maximum atomic E-state index is 11.7. The summed E-state index contributed by atoms with van der Waals surface area (Å²) in [5.74, 6) is 0.923. The summed E-state index contributed by atoms with van der Waals surface area (Å²) in [5.41, 5.74) is 0.0524. The molecular weight excluding hydrogens is 308 g/mol. The van der Waals surface area contributed by atoms with E-state index in [1.54, 1.807) is 0 Å². The van der Waals surface area contributed by atoms with Gasteiger partial charge in [-0.2, -0.15) is 0 Å². The lowest BCUT2D eigenvalue weighted by molar-refractivity contribution is -0.383. The van der Waals surface area contributed by atoms with Crippen LogP contribution >= 0.6 is 0 Å². The Bertz CT molecular complexity index is 594. The van der Waals surface area contributed by atoms with Gasteiger partial charge in [-0.05, 0) is 19.3 Å². The van der Waals surface area contributed by atoms with Crippen LogP contribution in [0.4, 0.5) is 17.3 Å². The van der Waals surface area contributed by atoms with Crippen molar-refractivity contribution in [3.63, 3.8) is 0 Å². The molecule has 2 fully saturated rings. The number of nitro groups is 1. The third-order valence-electron chi connectivity index (χ3n) is 4.68. The van der Waals surface area contributed by atoms with Crippen molar-refractivity contribution >= 4 is 17.3 Å². The molecule has 2 saturated heterocycles. The highest BCUT2D eigenvalue weighted by atomic mass is 16.6. The van der Waals surface area contributed by atoms with Gasteiger partial charge in [-0.25, -0.2) is 9.97 Å². The maximum absolute atomic E-state index is 11.7. The zero-order chi connectivity index (χ0) is 16.9. The molecule has 2 aliphatic rings. The van der Waals surface area contributed by atoms with Crippen molar-refractivity contribution in [2.45, 2.75) is 19.3 Å². The Morgan fingerprint density at radius 3 is 2.17 bits per heavy atom. The van der Waals surface area contributed by atoms with E-state index in [1.807, 2.05) is 15.9 Å². The third kappa shape index (κ3) is 3.48. The van der Waals surface area contributed by atoms with Crippen molar-refractivity contribution in [1.29, 1.82) is 0 Å². The summed E-state index contributed by atoms with van der Waals surface area (Å²) in [6.45, 7) is 9.42. The normalized spacial score (nSPS) is 19.3. The fraction of sp³-hybridized carbons (Fsp3) is 0.625. The summed E-state index contributed by atoms with van der Waals surface area (Å²) in [4.78, 5) is 26.2. The molecule has 0 saturated carbocycles. The molecule has 0 unspecified atom stereocenters. The van der Waals surface area contributed by atoms with Gasteiger partial charge in [0.25, 0.3) is 0 Å². The lowest BCUT2D eigenvalue weighted by Gasteiger charge is -2.35. The predicted octanol–water partition coefficient (Wildman–Crippen LogP) is 1.68. The van der Waals surface area contributed by atoms with Gasteiger partial charge in [0.1, 0.15) is 6.33 Å². The Morgan fingerprint density at radius 1 is 1.04 bits per heavy atom. The van der Waals surface area contributed by atoms with Gasteiger partial charge in [0.2, 0.25) is 11.6 Å². The number of hydrogen-bond donors (Lipinski definition) is 0. The van der Waals surface area contributed by atoms with E-state index in [9.17, 15) is 10.1 Å². The van der Waals surface area contributed by atoms with E-state index < -0.39 is 0 Å². The highest BCUT2D eigenvalue weighted by Crippen LogP contribution is 2.35. The smallest absolute Gasteiger partial charge is 0.351 e. The SMILES string of the molecule is C=CCN1CCN(c2ncnc(N3CCCCC3)c2[N+](=O)[O-])CC1. The van der Waals surface area contributed by atoms with Crippen molar-refractivity contribution < 1.29 is 4.92 Å². The minimum Gasteiger partial charge on any atom is -0.351 e. The van der Waals surface area contributed by atoms with Gasteiger partial charge in [0.15, 0.2) is 0 Å². The molecule has 1 aromatic rings. The van der Waals surface area contributed by atoms with Crippen molar-refractivity contribution in [2.75, 3.05) is 55.6 Å². The number of anilines is 2. The second-order valence-electron chi connectivity index (χ2n) is 6.25. The first-order valence-corrected chi connectivity index (χ1v) is 8.53. The molecule has 0 spiro atoms. The lowest BCUT2D eigenvalue weighted by atomic mass is 10.1. The van der Waals surface area contributed by atoms with Crippen molar-refractivity contribution in [2.24, 2.45) is 0 Å². The number of rotatable bonds is 5. The molecule has 8 heteroatoms. The Hall–Kier alpha value is -2.22. The Labute approximate surface area is 141 Å². The van der Waals surface area contributed by atoms with Crippen LogP contribution in [0, 0.1) is 10.1 Å². The molecule has 2 aliphatic heterocycles. The highest BCUT2D eigenvalue weighted by molar-refractivity contribution is 5.71. The number of hydrogen-bond acceptors (Lipinski definition) is 7. The lowest BCUT2D eigenvalue weighted by Crippen LogP contribution is -2.47. The summed E-state index contributed by atoms with van der Waals surface area (Å²) >= 11 is 0. The van der Waals surface area contributed by atoms with Crippen LogP contribution in [0.2, 0.25) is 0 Å². The minimum absolute atomic E-state index is 0.0524. The van der Waals surface area contributed by atoms with Crippen LogP contribution in [0.5, 0.6) is 0 Å². The fourth-order valence-electron chi connectivity index (χ4n) is 3.42. The van der Waals surface area contributed by atoms with Crippen LogP contribution < -0.4 is 9.80 Å². The highest BCUT2D eigenvalue weighted by Gasteiger charge is 2.31. The summed E-state index contributed by atoms with van der Waals surface area (Å²) in [7, 11) is 0. The van der Waals surface area contributed by atoms with E-state index in [2.05, 4.69) is 21.4 Å². The van der Waals surface area contributed by atoms with E-state index in [0.29, 0.717) is 11.6 Å². The molecule has 0 amide bonds. The predicted molar refractivity (Wildman–Crippen MR) is 93.6 cm³/mol. The molecule has 1 aromatic heterocycles. The summed E-state index contributed by atoms with van der Waals surface area (Å²) in [5, 5.41) is 11.7. The molecule has 0 N–H and O–H groups in total. The fourth-order valence-corrected chi connectivity index (χ4v) is 3.42. The second-order valence-corrected chi connectivity index (χ2v) is 6.25. The molecule has 0 bridgehead atoms. The molecule has 0 aromatic carbocycles. The first-order valence-electron chi connectivity index (χ1n) is 8.53. The topological polar surface area (TPSA) is 78.6 Å². The van der Waals surface area contributed by atoms with Crippen LogP contribution in [0.3, 0.4) is 0 Å². The van der Waals surface area contributed by atoms with E-state index in [4.69, 9.17) is 0 Å². The first kappa shape index (κ1) is 16.6. The molecule has 3 rings (SSSR count). The molecule has 0 radical (unpaired) electrons. The van der Waals surface area contributed by atoms with Gasteiger partial charge >= 0.3 is 5.69 Å². The van der Waals surface area contributed by atoms with Crippen LogP contribution in [0.25, 0.3) is 0 Å². The van der Waals surface area contributed by atoms with E-state index >= 15 is 0 Å². The van der Waals surface area contributed by atoms with Gasteiger partial charge in [-0.3, -0.25) is 15.0 Å². The standard InChI is InChI=1S/C16H24N6O2/c1-2-6-19-9-11-21(12-10-19)16-14(22(23)24)15(17-13-18-16)20-7-4-3-5-8-20/h2,13H,1,3-12H2. The quantitative estimate of drug-likeness (QED) is 0.461. The van der Waals surface area contributed by atoms with Crippen LogP contribution in [0.15, 0.2) is 19.0 Å². The van der Waals surface area contributed by atoms with Crippen molar-refractivity contribution in [3.05, 3.63) is 29.1 Å². The summed E-state index contributed by atoms with van der Waals surface area (Å²) in [6.07, 6.45) is 6.63. The summed E-state index contributed by atoms with van der Waals surface area (Å²) < 4.78 is 0. The van der Waals surface area contributed by atoms with Crippen molar-refractivity contribution in [1.82, 2.24) is 14.9 Å². The molecule has 130 valence electrons. The average molecular weight is 332 g/mol. The average Bonchev–Trinajstić information content (AvgIpc) is 2.62. The Balaban J connectivity index is 1.85. The zero-order valence-corrected chi connectivity index (χ0v) is 13.9. The monoisotopic (exact) mass is 332 g/mol. The summed E-state index contributed by atoms with van der Waals surface area (Å²) in [6, 6.07) is 0. The van der Waals surface area contributed by atoms with Crippen LogP contribution in [0.1, 0.15) is 19.3 Å². The number of piperazine rings is 1. The second kappa shape index (κ2) is 7.57. The Kier molecular flexibility index (Phi) is 5.24. The van der Waals surface area contributed by atoms with Gasteiger partial charge in [0, 0.05) is 45.8 Å². The van der Waals surface area contributed by atoms with E-state index in [1.165, 1.54) is 12.7 Å². The molecule has 24 heavy (non-hydrogen) atoms. The number of nitrogens with zero attached hydrogens (tertiary/aromatic N) is 6. The van der Waals surface area contributed by atoms with Gasteiger partial charge in [-0.15, -0.1) is 6.58 Å². The largest absolute Gasteiger partial charge is 0.353 e.